The largest absolute Gasteiger partial charge is 0.385 e. The van der Waals surface area contributed by atoms with E-state index in [-0.39, 0.29) is 0 Å². The average molecular weight is 371 g/mol. The lowest BCUT2D eigenvalue weighted by molar-refractivity contribution is 0.141. The van der Waals surface area contributed by atoms with E-state index in [0.29, 0.717) is 6.04 Å². The molecule has 0 aromatic heterocycles. The zero-order valence-corrected chi connectivity index (χ0v) is 16.9. The molecule has 4 rings (SSSR count). The summed E-state index contributed by atoms with van der Waals surface area (Å²) >= 11 is 0. The highest BCUT2D eigenvalue weighted by molar-refractivity contribution is 5.55. The zero-order chi connectivity index (χ0) is 18.5. The van der Waals surface area contributed by atoms with Crippen molar-refractivity contribution in [3.05, 3.63) is 24.3 Å². The molecule has 2 aliphatic heterocycles. The maximum atomic E-state index is 6.01. The van der Waals surface area contributed by atoms with Gasteiger partial charge in [0.05, 0.1) is 0 Å². The molecule has 3 aliphatic rings. The highest BCUT2D eigenvalue weighted by Gasteiger charge is 2.25. The molecule has 3 N–H and O–H groups in total. The quantitative estimate of drug-likeness (QED) is 0.820. The van der Waals surface area contributed by atoms with Gasteiger partial charge in [0.1, 0.15) is 0 Å². The molecule has 0 radical (unpaired) electrons. The Kier molecular flexibility index (Phi) is 6.56. The predicted molar refractivity (Wildman–Crippen MR) is 116 cm³/mol. The van der Waals surface area contributed by atoms with Gasteiger partial charge < -0.3 is 20.9 Å². The fraction of sp³-hybridized carbons (Fsp3) is 0.739. The number of likely N-dealkylation sites (tertiary alicyclic amines) is 1. The number of nitrogens with one attached hydrogen (secondary N) is 1. The normalized spacial score (nSPS) is 28.3. The number of hydrogen-bond donors (Lipinski definition) is 2. The second kappa shape index (κ2) is 9.29. The fourth-order valence-electron chi connectivity index (χ4n) is 5.22. The minimum Gasteiger partial charge on any atom is -0.385 e. The van der Waals surface area contributed by atoms with Crippen molar-refractivity contribution >= 4 is 11.4 Å². The molecule has 4 nitrogen and oxygen atoms in total. The van der Waals surface area contributed by atoms with Crippen LogP contribution in [0.2, 0.25) is 0 Å². The van der Waals surface area contributed by atoms with Crippen molar-refractivity contribution in [2.45, 2.75) is 69.9 Å². The molecule has 0 bridgehead atoms. The summed E-state index contributed by atoms with van der Waals surface area (Å²) in [5.74, 6) is 0.790. The van der Waals surface area contributed by atoms with Gasteiger partial charge in [0.25, 0.3) is 0 Å². The molecular weight excluding hydrogens is 332 g/mol. The van der Waals surface area contributed by atoms with Gasteiger partial charge in [-0.05, 0) is 94.6 Å². The summed E-state index contributed by atoms with van der Waals surface area (Å²) < 4.78 is 0. The highest BCUT2D eigenvalue weighted by atomic mass is 15.2. The van der Waals surface area contributed by atoms with Crippen LogP contribution < -0.4 is 16.0 Å². The zero-order valence-electron chi connectivity index (χ0n) is 16.9. The molecule has 1 saturated carbocycles. The van der Waals surface area contributed by atoms with Crippen LogP contribution in [0.25, 0.3) is 0 Å². The molecule has 27 heavy (non-hydrogen) atoms. The third-order valence-corrected chi connectivity index (χ3v) is 7.09. The Morgan fingerprint density at radius 1 is 0.815 bits per heavy atom. The lowest BCUT2D eigenvalue weighted by atomic mass is 9.86. The standard InChI is InChI=1S/C23H38N4/c24-20-6-4-19(5-7-20)18-25-21-8-10-22(11-9-21)27-16-12-23(13-17-27)26-14-2-1-3-15-26/h8-11,19-20,23,25H,1-7,12-18,24H2. The summed E-state index contributed by atoms with van der Waals surface area (Å²) in [6, 6.07) is 10.4. The molecule has 3 fully saturated rings. The Bertz CT molecular complexity index is 550. The molecule has 1 aromatic carbocycles. The molecule has 0 amide bonds. The van der Waals surface area contributed by atoms with E-state index >= 15 is 0 Å². The summed E-state index contributed by atoms with van der Waals surface area (Å²) in [4.78, 5) is 5.33. The topological polar surface area (TPSA) is 44.5 Å². The van der Waals surface area contributed by atoms with E-state index in [1.54, 1.807) is 0 Å². The number of anilines is 2. The Balaban J connectivity index is 1.22. The van der Waals surface area contributed by atoms with Gasteiger partial charge in [-0.3, -0.25) is 0 Å². The summed E-state index contributed by atoms with van der Waals surface area (Å²) in [5.41, 5.74) is 8.67. The Hall–Kier alpha value is -1.26. The summed E-state index contributed by atoms with van der Waals surface area (Å²) in [7, 11) is 0. The van der Waals surface area contributed by atoms with Crippen LogP contribution in [0, 0.1) is 5.92 Å². The van der Waals surface area contributed by atoms with Crippen LogP contribution in [0.1, 0.15) is 57.8 Å². The molecule has 2 heterocycles. The minimum absolute atomic E-state index is 0.444. The minimum atomic E-state index is 0.444. The smallest absolute Gasteiger partial charge is 0.0367 e. The average Bonchev–Trinajstić information content (AvgIpc) is 2.75. The number of piperidine rings is 2. The predicted octanol–water partition coefficient (Wildman–Crippen LogP) is 4.07. The molecule has 1 aliphatic carbocycles. The lowest BCUT2D eigenvalue weighted by Gasteiger charge is -2.41. The first-order chi connectivity index (χ1) is 13.3. The number of benzene rings is 1. The van der Waals surface area contributed by atoms with E-state index in [9.17, 15) is 0 Å². The van der Waals surface area contributed by atoms with Gasteiger partial charge >= 0.3 is 0 Å². The second-order valence-corrected chi connectivity index (χ2v) is 9.02. The molecule has 150 valence electrons. The summed E-state index contributed by atoms with van der Waals surface area (Å²) in [6.07, 6.45) is 11.8. The maximum absolute atomic E-state index is 6.01. The van der Waals surface area contributed by atoms with Crippen molar-refractivity contribution in [3.8, 4) is 0 Å². The van der Waals surface area contributed by atoms with Crippen LogP contribution in [-0.2, 0) is 0 Å². The highest BCUT2D eigenvalue weighted by Crippen LogP contribution is 2.27. The third kappa shape index (κ3) is 5.17. The van der Waals surface area contributed by atoms with Crippen LogP contribution in [0.5, 0.6) is 0 Å². The van der Waals surface area contributed by atoms with E-state index in [1.807, 2.05) is 0 Å². The number of hydrogen-bond acceptors (Lipinski definition) is 4. The summed E-state index contributed by atoms with van der Waals surface area (Å²) in [5, 5.41) is 3.64. The van der Waals surface area contributed by atoms with Gasteiger partial charge in [-0.15, -0.1) is 0 Å². The van der Waals surface area contributed by atoms with Crippen molar-refractivity contribution < 1.29 is 0 Å². The molecule has 4 heteroatoms. The van der Waals surface area contributed by atoms with Crippen LogP contribution in [0.15, 0.2) is 24.3 Å². The van der Waals surface area contributed by atoms with Crippen LogP contribution in [0.4, 0.5) is 11.4 Å². The molecular formula is C23H38N4. The van der Waals surface area contributed by atoms with Crippen LogP contribution in [-0.4, -0.2) is 49.7 Å². The van der Waals surface area contributed by atoms with E-state index in [1.165, 1.54) is 95.3 Å². The molecule has 2 saturated heterocycles. The van der Waals surface area contributed by atoms with Gasteiger partial charge in [-0.1, -0.05) is 6.42 Å². The molecule has 0 atom stereocenters. The van der Waals surface area contributed by atoms with Crippen molar-refractivity contribution in [2.24, 2.45) is 11.7 Å². The molecule has 0 spiro atoms. The van der Waals surface area contributed by atoms with E-state index in [2.05, 4.69) is 39.4 Å². The van der Waals surface area contributed by atoms with Gasteiger partial charge in [0.15, 0.2) is 0 Å². The first kappa shape index (κ1) is 19.1. The van der Waals surface area contributed by atoms with Gasteiger partial charge in [0.2, 0.25) is 0 Å². The van der Waals surface area contributed by atoms with Gasteiger partial charge in [0, 0.05) is 43.1 Å². The number of nitrogens with zero attached hydrogens (tertiary/aromatic N) is 2. The fourth-order valence-corrected chi connectivity index (χ4v) is 5.22. The van der Waals surface area contributed by atoms with E-state index < -0.39 is 0 Å². The summed E-state index contributed by atoms with van der Waals surface area (Å²) in [6.45, 7) is 6.16. The number of rotatable bonds is 5. The van der Waals surface area contributed by atoms with Crippen molar-refractivity contribution in [3.63, 3.8) is 0 Å². The number of nitrogens with two attached hydrogens (primary N) is 1. The Labute approximate surface area is 165 Å². The maximum Gasteiger partial charge on any atom is 0.0367 e. The second-order valence-electron chi connectivity index (χ2n) is 9.02. The lowest BCUT2D eigenvalue weighted by Crippen LogP contribution is -2.46. The monoisotopic (exact) mass is 370 g/mol. The first-order valence-corrected chi connectivity index (χ1v) is 11.4. The van der Waals surface area contributed by atoms with E-state index in [0.717, 1.165) is 18.5 Å². The van der Waals surface area contributed by atoms with E-state index in [4.69, 9.17) is 5.73 Å². The van der Waals surface area contributed by atoms with Crippen molar-refractivity contribution in [1.82, 2.24) is 4.90 Å². The Morgan fingerprint density at radius 3 is 2.15 bits per heavy atom. The SMILES string of the molecule is NC1CCC(CNc2ccc(N3CCC(N4CCCCC4)CC3)cc2)CC1. The van der Waals surface area contributed by atoms with Crippen LogP contribution in [0.3, 0.4) is 0 Å². The van der Waals surface area contributed by atoms with Gasteiger partial charge in [-0.2, -0.15) is 0 Å². The first-order valence-electron chi connectivity index (χ1n) is 11.4. The van der Waals surface area contributed by atoms with Gasteiger partial charge in [-0.25, -0.2) is 0 Å². The third-order valence-electron chi connectivity index (χ3n) is 7.09. The van der Waals surface area contributed by atoms with Crippen molar-refractivity contribution in [1.29, 1.82) is 0 Å². The van der Waals surface area contributed by atoms with Crippen LogP contribution >= 0.6 is 0 Å². The van der Waals surface area contributed by atoms with Crippen molar-refractivity contribution in [2.75, 3.05) is 42.9 Å². The molecule has 1 aromatic rings. The molecule has 0 unspecified atom stereocenters. The Morgan fingerprint density at radius 2 is 1.48 bits per heavy atom.